The number of hydrogen-bond acceptors (Lipinski definition) is 6. The van der Waals surface area contributed by atoms with Gasteiger partial charge in [0, 0.05) is 25.3 Å². The maximum Gasteiger partial charge on any atom is 0.407 e. The fourth-order valence-corrected chi connectivity index (χ4v) is 4.46. The lowest BCUT2D eigenvalue weighted by molar-refractivity contribution is 0.0472. The van der Waals surface area contributed by atoms with Crippen LogP contribution in [0.2, 0.25) is 18.1 Å². The molecule has 0 saturated carbocycles. The zero-order chi connectivity index (χ0) is 22.0. The number of pyridine rings is 1. The quantitative estimate of drug-likeness (QED) is 0.625. The maximum absolute atomic E-state index is 12.4. The van der Waals surface area contributed by atoms with E-state index >= 15 is 0 Å². The van der Waals surface area contributed by atoms with Gasteiger partial charge in [0.25, 0.3) is 0 Å². The molecule has 29 heavy (non-hydrogen) atoms. The van der Waals surface area contributed by atoms with Crippen molar-refractivity contribution in [1.82, 2.24) is 10.3 Å². The van der Waals surface area contributed by atoms with Crippen molar-refractivity contribution in [2.24, 2.45) is 5.92 Å². The van der Waals surface area contributed by atoms with E-state index < -0.39 is 13.9 Å². The Labute approximate surface area is 176 Å². The predicted octanol–water partition coefficient (Wildman–Crippen LogP) is 3.75. The molecule has 0 aliphatic carbocycles. The van der Waals surface area contributed by atoms with Gasteiger partial charge >= 0.3 is 6.09 Å². The zero-order valence-electron chi connectivity index (χ0n) is 19.0. The number of piperidine rings is 1. The molecule has 164 valence electrons. The van der Waals surface area contributed by atoms with Crippen molar-refractivity contribution in [1.29, 1.82) is 0 Å². The molecule has 0 radical (unpaired) electrons. The van der Waals surface area contributed by atoms with Crippen molar-refractivity contribution in [3.8, 4) is 0 Å². The Morgan fingerprint density at radius 1 is 1.38 bits per heavy atom. The highest BCUT2D eigenvalue weighted by atomic mass is 28.4. The number of nitrogens with two attached hydrogens (primary N) is 1. The summed E-state index contributed by atoms with van der Waals surface area (Å²) in [6, 6.07) is 1.92. The second-order valence-corrected chi connectivity index (χ2v) is 14.8. The van der Waals surface area contributed by atoms with Gasteiger partial charge in [0.1, 0.15) is 5.60 Å². The van der Waals surface area contributed by atoms with E-state index in [1.54, 1.807) is 12.4 Å². The van der Waals surface area contributed by atoms with Crippen molar-refractivity contribution in [2.75, 3.05) is 23.7 Å². The molecule has 0 unspecified atom stereocenters. The smallest absolute Gasteiger partial charge is 0.407 e. The van der Waals surface area contributed by atoms with E-state index in [0.29, 0.717) is 5.69 Å². The number of aromatic nitrogens is 1. The van der Waals surface area contributed by atoms with E-state index in [9.17, 15) is 9.59 Å². The Hall–Kier alpha value is -1.80. The second-order valence-electron chi connectivity index (χ2n) is 10.3. The number of anilines is 2. The largest absolute Gasteiger partial charge is 0.444 e. The van der Waals surface area contributed by atoms with Crippen LogP contribution in [0.4, 0.5) is 16.2 Å². The number of hydrogen-bond donors (Lipinski definition) is 3. The number of nitrogen functional groups attached to an aromatic ring is 1. The second kappa shape index (κ2) is 8.51. The van der Waals surface area contributed by atoms with Gasteiger partial charge in [-0.1, -0.05) is 13.8 Å². The van der Waals surface area contributed by atoms with E-state index in [-0.39, 0.29) is 23.1 Å². The average Bonchev–Trinajstić information content (AvgIpc) is 2.54. The highest BCUT2D eigenvalue weighted by Crippen LogP contribution is 2.44. The topological polar surface area (TPSA) is 101 Å². The molecule has 1 aliphatic rings. The lowest BCUT2D eigenvalue weighted by Crippen LogP contribution is -2.54. The van der Waals surface area contributed by atoms with Crippen LogP contribution in [-0.2, 0) is 4.74 Å². The van der Waals surface area contributed by atoms with Gasteiger partial charge in [0.05, 0.1) is 17.6 Å². The van der Waals surface area contributed by atoms with Crippen LogP contribution < -0.4 is 16.0 Å². The van der Waals surface area contributed by atoms with Gasteiger partial charge in [-0.25, -0.2) is 4.79 Å². The van der Waals surface area contributed by atoms with Gasteiger partial charge in [-0.3, -0.25) is 4.98 Å². The number of nitrogens with one attached hydrogen (secondary N) is 1. The van der Waals surface area contributed by atoms with Gasteiger partial charge in [-0.2, -0.15) is 0 Å². The standard InChI is InChI=1S/C21H38N4O3Si/c1-20(2,3)28-19(26)24-17-9-11-25(18-8-10-23-13-16(18)22)14-15(17)12-21(4,5)29(6,7)27/h8,10,13,15,17,27H,9,11-12,14,22H2,1-7H3,(H,24,26)/t15-,17-/m1/s1. The highest BCUT2D eigenvalue weighted by Gasteiger charge is 2.43. The van der Waals surface area contributed by atoms with Gasteiger partial charge in [-0.05, 0) is 63.7 Å². The fraction of sp³-hybridized carbons (Fsp3) is 0.714. The minimum Gasteiger partial charge on any atom is -0.444 e. The van der Waals surface area contributed by atoms with E-state index in [1.807, 2.05) is 39.9 Å². The first kappa shape index (κ1) is 23.5. The number of carbonyl (C=O) groups excluding carboxylic acids is 1. The highest BCUT2D eigenvalue weighted by molar-refractivity contribution is 6.72. The molecule has 0 bridgehead atoms. The first-order valence-electron chi connectivity index (χ1n) is 10.4. The molecular weight excluding hydrogens is 384 g/mol. The lowest BCUT2D eigenvalue weighted by Gasteiger charge is -2.45. The molecule has 0 aromatic carbocycles. The summed E-state index contributed by atoms with van der Waals surface area (Å²) >= 11 is 0. The van der Waals surface area contributed by atoms with Gasteiger partial charge in [-0.15, -0.1) is 0 Å². The summed E-state index contributed by atoms with van der Waals surface area (Å²) in [6.45, 7) is 15.3. The van der Waals surface area contributed by atoms with Crippen LogP contribution in [0.1, 0.15) is 47.5 Å². The third-order valence-electron chi connectivity index (χ3n) is 6.03. The average molecular weight is 423 g/mol. The van der Waals surface area contributed by atoms with Crippen LogP contribution in [-0.4, -0.2) is 48.9 Å². The van der Waals surface area contributed by atoms with Crippen LogP contribution >= 0.6 is 0 Å². The number of nitrogens with zero attached hydrogens (tertiary/aromatic N) is 2. The summed E-state index contributed by atoms with van der Waals surface area (Å²) < 4.78 is 5.48. The molecule has 4 N–H and O–H groups in total. The minimum absolute atomic E-state index is 0.0141. The molecule has 1 fully saturated rings. The van der Waals surface area contributed by atoms with E-state index in [2.05, 4.69) is 29.0 Å². The van der Waals surface area contributed by atoms with Crippen molar-refractivity contribution in [2.45, 2.75) is 77.2 Å². The third kappa shape index (κ3) is 6.34. The van der Waals surface area contributed by atoms with E-state index in [4.69, 9.17) is 10.5 Å². The van der Waals surface area contributed by atoms with E-state index in [1.165, 1.54) is 0 Å². The Kier molecular flexibility index (Phi) is 6.89. The molecule has 7 nitrogen and oxygen atoms in total. The molecule has 2 rings (SSSR count). The summed E-state index contributed by atoms with van der Waals surface area (Å²) in [7, 11) is -2.39. The number of amides is 1. The fourth-order valence-electron chi connectivity index (χ4n) is 3.70. The summed E-state index contributed by atoms with van der Waals surface area (Å²) in [4.78, 5) is 29.6. The van der Waals surface area contributed by atoms with Gasteiger partial charge in [0.2, 0.25) is 0 Å². The summed E-state index contributed by atoms with van der Waals surface area (Å²) in [5, 5.41) is 2.89. The first-order chi connectivity index (χ1) is 13.2. The summed E-state index contributed by atoms with van der Waals surface area (Å²) in [5.74, 6) is 0.165. The molecule has 1 amide bonds. The Morgan fingerprint density at radius 3 is 2.59 bits per heavy atom. The number of carbonyl (C=O) groups is 1. The molecule has 1 aromatic rings. The van der Waals surface area contributed by atoms with Crippen LogP contribution in [0.5, 0.6) is 0 Å². The minimum atomic E-state index is -2.39. The molecule has 1 saturated heterocycles. The monoisotopic (exact) mass is 422 g/mol. The molecular formula is C21H38N4O3Si. The van der Waals surface area contributed by atoms with Crippen LogP contribution in [0.15, 0.2) is 18.5 Å². The van der Waals surface area contributed by atoms with Crippen LogP contribution in [0, 0.1) is 5.92 Å². The number of rotatable bonds is 5. The van der Waals surface area contributed by atoms with E-state index in [0.717, 1.165) is 31.6 Å². The van der Waals surface area contributed by atoms with Crippen molar-refractivity contribution >= 4 is 25.8 Å². The van der Waals surface area contributed by atoms with Crippen molar-refractivity contribution in [3.05, 3.63) is 18.5 Å². The number of alkyl carbamates (subject to hydrolysis) is 1. The Balaban J connectivity index is 2.22. The summed E-state index contributed by atoms with van der Waals surface area (Å²) in [5.41, 5.74) is 7.24. The zero-order valence-corrected chi connectivity index (χ0v) is 20.0. The molecule has 1 aliphatic heterocycles. The van der Waals surface area contributed by atoms with Crippen LogP contribution in [0.3, 0.4) is 0 Å². The number of ether oxygens (including phenoxy) is 1. The van der Waals surface area contributed by atoms with Gasteiger partial charge < -0.3 is 25.5 Å². The summed E-state index contributed by atoms with van der Waals surface area (Å²) in [6.07, 6.45) is 4.63. The Bertz CT molecular complexity index is 713. The Morgan fingerprint density at radius 2 is 2.03 bits per heavy atom. The predicted molar refractivity (Wildman–Crippen MR) is 120 cm³/mol. The molecule has 2 atom stereocenters. The molecule has 8 heteroatoms. The van der Waals surface area contributed by atoms with Crippen LogP contribution in [0.25, 0.3) is 0 Å². The molecule has 2 heterocycles. The van der Waals surface area contributed by atoms with Crippen molar-refractivity contribution in [3.63, 3.8) is 0 Å². The first-order valence-corrected chi connectivity index (χ1v) is 13.3. The normalized spacial score (nSPS) is 21.0. The molecule has 1 aromatic heterocycles. The lowest BCUT2D eigenvalue weighted by atomic mass is 9.84. The van der Waals surface area contributed by atoms with Crippen molar-refractivity contribution < 1.29 is 14.3 Å². The third-order valence-corrected chi connectivity index (χ3v) is 9.55. The van der Waals surface area contributed by atoms with Gasteiger partial charge in [0.15, 0.2) is 8.32 Å². The molecule has 0 spiro atoms. The maximum atomic E-state index is 12.4. The SMILES string of the molecule is CC(C)(C)OC(=O)N[C@@H]1CCN(c2ccncc2N)C[C@H]1CC(C)(C)[Si](C)(C)O.